The Balaban J connectivity index is 1.59. The molecule has 2 nitrogen and oxygen atoms in total. The van der Waals surface area contributed by atoms with Gasteiger partial charge in [0.2, 0.25) is 0 Å². The van der Waals surface area contributed by atoms with Crippen LogP contribution in [0.3, 0.4) is 0 Å². The second-order valence-electron chi connectivity index (χ2n) is 16.5. The smallest absolute Gasteiger partial charge is 0.123 e. The van der Waals surface area contributed by atoms with E-state index in [9.17, 15) is 8.78 Å². The average Bonchev–Trinajstić information content (AvgIpc) is 3.18. The second-order valence-corrected chi connectivity index (χ2v) is 18.6. The van der Waals surface area contributed by atoms with Crippen molar-refractivity contribution in [3.05, 3.63) is 168 Å². The molecule has 0 aliphatic carbocycles. The molecule has 278 valence electrons. The predicted octanol–water partition coefficient (Wildman–Crippen LogP) is 15.8. The molecule has 0 bridgehead atoms. The predicted molar refractivity (Wildman–Crippen MR) is 232 cm³/mol. The molecule has 2 aliphatic heterocycles. The highest BCUT2D eigenvalue weighted by molar-refractivity contribution is 8.00. The number of hydrogen-bond acceptors (Lipinski definition) is 4. The van der Waals surface area contributed by atoms with E-state index < -0.39 is 10.8 Å². The molecule has 9 rings (SSSR count). The summed E-state index contributed by atoms with van der Waals surface area (Å²) in [6, 6.07) is 48.5. The normalized spacial score (nSPS) is 13.5. The van der Waals surface area contributed by atoms with Crippen molar-refractivity contribution in [2.45, 2.75) is 72.0 Å². The number of para-hydroxylation sites is 4. The molecule has 2 aliphatic rings. The van der Waals surface area contributed by atoms with Crippen LogP contribution in [-0.4, -0.2) is 0 Å². The number of rotatable bonds is 4. The van der Waals surface area contributed by atoms with Gasteiger partial charge in [-0.3, -0.25) is 0 Å². The molecule has 0 aromatic heterocycles. The van der Waals surface area contributed by atoms with E-state index in [0.717, 1.165) is 87.1 Å². The Morgan fingerprint density at radius 1 is 0.375 bits per heavy atom. The van der Waals surface area contributed by atoms with Crippen LogP contribution in [0.5, 0.6) is 0 Å². The van der Waals surface area contributed by atoms with E-state index in [1.54, 1.807) is 47.8 Å². The minimum absolute atomic E-state index is 0.289. The summed E-state index contributed by atoms with van der Waals surface area (Å²) in [5.41, 5.74) is 11.6. The highest BCUT2D eigenvalue weighted by atomic mass is 32.2. The number of halogens is 2. The Kier molecular flexibility index (Phi) is 8.90. The largest absolute Gasteiger partial charge is 0.307 e. The zero-order chi connectivity index (χ0) is 38.9. The fraction of sp³-hybridized carbons (Fsp3) is 0.160. The molecule has 0 N–H and O–H groups in total. The first-order valence-electron chi connectivity index (χ1n) is 19.0. The monoisotopic (exact) mass is 772 g/mol. The van der Waals surface area contributed by atoms with Crippen molar-refractivity contribution in [1.29, 1.82) is 0 Å². The molecule has 0 fully saturated rings. The van der Waals surface area contributed by atoms with Gasteiger partial charge in [0.05, 0.1) is 34.1 Å². The Morgan fingerprint density at radius 3 is 0.946 bits per heavy atom. The van der Waals surface area contributed by atoms with Gasteiger partial charge in [0.1, 0.15) is 11.6 Å². The summed E-state index contributed by atoms with van der Waals surface area (Å²) in [7, 11) is 0. The fourth-order valence-electron chi connectivity index (χ4n) is 8.32. The highest BCUT2D eigenvalue weighted by Crippen LogP contribution is 2.64. The van der Waals surface area contributed by atoms with Gasteiger partial charge >= 0.3 is 0 Å². The lowest BCUT2D eigenvalue weighted by molar-refractivity contribution is 0.580. The summed E-state index contributed by atoms with van der Waals surface area (Å²) in [5.74, 6) is -0.578. The van der Waals surface area contributed by atoms with E-state index in [1.165, 1.54) is 0 Å². The van der Waals surface area contributed by atoms with Crippen molar-refractivity contribution in [1.82, 2.24) is 0 Å². The van der Waals surface area contributed by atoms with E-state index in [4.69, 9.17) is 0 Å². The highest BCUT2D eigenvalue weighted by Gasteiger charge is 2.42. The first-order valence-corrected chi connectivity index (χ1v) is 20.6. The topological polar surface area (TPSA) is 6.48 Å². The van der Waals surface area contributed by atoms with Gasteiger partial charge in [-0.2, -0.15) is 0 Å². The van der Waals surface area contributed by atoms with Crippen molar-refractivity contribution in [2.75, 3.05) is 9.80 Å². The average molecular weight is 773 g/mol. The summed E-state index contributed by atoms with van der Waals surface area (Å²) >= 11 is 3.57. The lowest BCUT2D eigenvalue weighted by Gasteiger charge is -2.45. The van der Waals surface area contributed by atoms with Crippen LogP contribution >= 0.6 is 23.5 Å². The van der Waals surface area contributed by atoms with Crippen LogP contribution in [0.1, 0.15) is 52.7 Å². The van der Waals surface area contributed by atoms with Gasteiger partial charge in [0.25, 0.3) is 0 Å². The van der Waals surface area contributed by atoms with Crippen molar-refractivity contribution in [3.8, 4) is 22.3 Å². The molecule has 0 spiro atoms. The van der Waals surface area contributed by atoms with E-state index >= 15 is 0 Å². The van der Waals surface area contributed by atoms with Crippen LogP contribution in [0, 0.1) is 11.6 Å². The van der Waals surface area contributed by atoms with Crippen molar-refractivity contribution < 1.29 is 8.78 Å². The lowest BCUT2D eigenvalue weighted by atomic mass is 9.70. The van der Waals surface area contributed by atoms with Crippen molar-refractivity contribution in [3.63, 3.8) is 0 Å². The van der Waals surface area contributed by atoms with E-state index in [-0.39, 0.29) is 11.6 Å². The van der Waals surface area contributed by atoms with Crippen molar-refractivity contribution in [2.24, 2.45) is 0 Å². The molecule has 6 heteroatoms. The fourth-order valence-corrected chi connectivity index (χ4v) is 10.4. The molecule has 0 saturated carbocycles. The second kappa shape index (κ2) is 13.7. The summed E-state index contributed by atoms with van der Waals surface area (Å²) in [6.45, 7) is 13.7. The SMILES string of the molecule is CC(C)(C)c1c(-c2ccc(F)cc2)c(N2c3ccccc3Sc3ccccc32)c(C(C)(C)C)c(N2c3ccccc3Sc3ccccc32)c1-c1ccc(F)cc1. The molecular weight excluding hydrogens is 731 g/mol. The molecule has 0 saturated heterocycles. The quantitative estimate of drug-likeness (QED) is 0.176. The van der Waals surface area contributed by atoms with Gasteiger partial charge in [-0.15, -0.1) is 0 Å². The molecule has 0 atom stereocenters. The number of anilines is 6. The number of benzene rings is 7. The lowest BCUT2D eigenvalue weighted by Crippen LogP contribution is -2.29. The van der Waals surface area contributed by atoms with Crippen LogP contribution in [-0.2, 0) is 10.8 Å². The van der Waals surface area contributed by atoms with Gasteiger partial charge in [0, 0.05) is 36.3 Å². The van der Waals surface area contributed by atoms with E-state index in [2.05, 4.69) is 148 Å². The molecule has 2 heterocycles. The van der Waals surface area contributed by atoms with Crippen LogP contribution < -0.4 is 9.80 Å². The standard InChI is InChI=1S/C50H42F2N2S2/c1-49(2,3)45-43(31-23-27-33(51)28-24-31)47(53-35-15-7-11-19-39(35)55-40-20-12-8-16-36(40)53)46(50(4,5)6)48(44(45)32-25-29-34(52)30-26-32)54-37-17-9-13-21-41(37)56-42-22-14-10-18-38(42)54/h7-30H,1-6H3. The Hall–Kier alpha value is -5.30. The summed E-state index contributed by atoms with van der Waals surface area (Å²) < 4.78 is 29.9. The zero-order valence-corrected chi connectivity index (χ0v) is 34.0. The van der Waals surface area contributed by atoms with Crippen LogP contribution in [0.25, 0.3) is 22.3 Å². The Bertz CT molecular complexity index is 2380. The molecule has 0 unspecified atom stereocenters. The summed E-state index contributed by atoms with van der Waals surface area (Å²) in [5, 5.41) is 0. The maximum absolute atomic E-state index is 15.0. The first-order chi connectivity index (χ1) is 26.9. The third-order valence-corrected chi connectivity index (χ3v) is 12.8. The molecule has 0 amide bonds. The molecule has 7 aromatic rings. The Morgan fingerprint density at radius 2 is 0.661 bits per heavy atom. The first kappa shape index (κ1) is 36.3. The van der Waals surface area contributed by atoms with Crippen molar-refractivity contribution >= 4 is 57.6 Å². The molecule has 7 aromatic carbocycles. The van der Waals surface area contributed by atoms with Gasteiger partial charge in [0.15, 0.2) is 0 Å². The third-order valence-electron chi connectivity index (χ3n) is 10.5. The minimum atomic E-state index is -0.465. The van der Waals surface area contributed by atoms with Gasteiger partial charge < -0.3 is 9.80 Å². The zero-order valence-electron chi connectivity index (χ0n) is 32.3. The maximum Gasteiger partial charge on any atom is 0.123 e. The molecular formula is C50H42F2N2S2. The van der Waals surface area contributed by atoms with E-state index in [1.807, 2.05) is 24.3 Å². The third kappa shape index (κ3) is 6.11. The number of hydrogen-bond donors (Lipinski definition) is 0. The van der Waals surface area contributed by atoms with Gasteiger partial charge in [-0.05, 0) is 100 Å². The van der Waals surface area contributed by atoms with Crippen LogP contribution in [0.4, 0.5) is 42.9 Å². The maximum atomic E-state index is 15.0. The minimum Gasteiger partial charge on any atom is -0.307 e. The number of nitrogens with zero attached hydrogens (tertiary/aromatic N) is 2. The molecule has 56 heavy (non-hydrogen) atoms. The Labute approximate surface area is 337 Å². The van der Waals surface area contributed by atoms with Gasteiger partial charge in [-0.1, -0.05) is 138 Å². The summed E-state index contributed by atoms with van der Waals surface area (Å²) in [4.78, 5) is 9.55. The summed E-state index contributed by atoms with van der Waals surface area (Å²) in [6.07, 6.45) is 0. The number of fused-ring (bicyclic) bond motifs is 4. The molecule has 0 radical (unpaired) electrons. The van der Waals surface area contributed by atoms with Crippen LogP contribution in [0.15, 0.2) is 165 Å². The van der Waals surface area contributed by atoms with Gasteiger partial charge in [-0.25, -0.2) is 8.78 Å². The van der Waals surface area contributed by atoms with Crippen LogP contribution in [0.2, 0.25) is 0 Å². The van der Waals surface area contributed by atoms with E-state index in [0.29, 0.717) is 0 Å².